The molecular weight excluding hydrogens is 392 g/mol. The van der Waals surface area contributed by atoms with E-state index in [4.69, 9.17) is 25.8 Å². The lowest BCUT2D eigenvalue weighted by Gasteiger charge is -2.48. The summed E-state index contributed by atoms with van der Waals surface area (Å²) in [6.07, 6.45) is 9.25. The van der Waals surface area contributed by atoms with Gasteiger partial charge in [0.2, 0.25) is 5.91 Å². The van der Waals surface area contributed by atoms with Crippen LogP contribution in [0.3, 0.4) is 0 Å². The van der Waals surface area contributed by atoms with Gasteiger partial charge >= 0.3 is 0 Å². The van der Waals surface area contributed by atoms with Gasteiger partial charge in [0.25, 0.3) is 0 Å². The molecule has 2 fully saturated rings. The predicted molar refractivity (Wildman–Crippen MR) is 115 cm³/mol. The third-order valence-corrected chi connectivity index (χ3v) is 6.22. The van der Waals surface area contributed by atoms with Crippen molar-refractivity contribution in [2.75, 3.05) is 47.1 Å². The Balaban J connectivity index is 1.64. The molecule has 0 atom stereocenters. The second kappa shape index (κ2) is 10.3. The Morgan fingerprint density at radius 2 is 1.93 bits per heavy atom. The van der Waals surface area contributed by atoms with Gasteiger partial charge in [0.1, 0.15) is 0 Å². The first-order valence-electron chi connectivity index (χ1n) is 10.3. The largest absolute Gasteiger partial charge is 0.493 e. The Morgan fingerprint density at radius 3 is 2.59 bits per heavy atom. The third kappa shape index (κ3) is 5.44. The third-order valence-electron chi connectivity index (χ3n) is 5.94. The van der Waals surface area contributed by atoms with Crippen LogP contribution in [-0.4, -0.2) is 63.4 Å². The number of benzene rings is 1. The second-order valence-electron chi connectivity index (χ2n) is 7.67. The van der Waals surface area contributed by atoms with Crippen molar-refractivity contribution in [2.24, 2.45) is 0 Å². The fourth-order valence-corrected chi connectivity index (χ4v) is 4.67. The van der Waals surface area contributed by atoms with Crippen LogP contribution in [0.1, 0.15) is 37.7 Å². The molecule has 0 aromatic heterocycles. The number of rotatable bonds is 7. The van der Waals surface area contributed by atoms with E-state index in [9.17, 15) is 4.79 Å². The number of carbonyl (C=O) groups excluding carboxylic acids is 1. The highest BCUT2D eigenvalue weighted by atomic mass is 35.5. The minimum absolute atomic E-state index is 0.0537. The van der Waals surface area contributed by atoms with Crippen LogP contribution >= 0.6 is 11.6 Å². The normalized spacial score (nSPS) is 19.8. The SMILES string of the molecule is COc1cc(/C=C/C(=O)NCC2(N3CCOCC3)CCCCC2)cc(Cl)c1OC. The fraction of sp³-hybridized carbons (Fsp3) is 0.591. The lowest BCUT2D eigenvalue weighted by atomic mass is 9.79. The van der Waals surface area contributed by atoms with Crippen molar-refractivity contribution >= 4 is 23.6 Å². The summed E-state index contributed by atoms with van der Waals surface area (Å²) in [6, 6.07) is 3.55. The zero-order chi connectivity index (χ0) is 20.7. The Bertz CT molecular complexity index is 726. The van der Waals surface area contributed by atoms with E-state index in [-0.39, 0.29) is 11.4 Å². The molecule has 0 radical (unpaired) electrons. The Labute approximate surface area is 178 Å². The number of ether oxygens (including phenoxy) is 3. The predicted octanol–water partition coefficient (Wildman–Crippen LogP) is 3.52. The molecule has 0 spiro atoms. The molecule has 1 amide bonds. The molecule has 1 heterocycles. The number of hydrogen-bond donors (Lipinski definition) is 1. The minimum Gasteiger partial charge on any atom is -0.493 e. The van der Waals surface area contributed by atoms with Gasteiger partial charge in [0, 0.05) is 31.2 Å². The molecule has 1 aliphatic carbocycles. The standard InChI is InChI=1S/C22H31ClN2O4/c1-27-19-15-17(14-18(23)21(19)28-2)6-7-20(26)24-16-22(8-4-3-5-9-22)25-10-12-29-13-11-25/h6-7,14-15H,3-5,8-13,16H2,1-2H3,(H,24,26)/b7-6+. The molecule has 1 saturated heterocycles. The highest BCUT2D eigenvalue weighted by molar-refractivity contribution is 6.32. The molecule has 6 nitrogen and oxygen atoms in total. The molecule has 160 valence electrons. The van der Waals surface area contributed by atoms with Crippen molar-refractivity contribution in [3.8, 4) is 11.5 Å². The molecule has 7 heteroatoms. The van der Waals surface area contributed by atoms with E-state index in [0.29, 0.717) is 23.1 Å². The van der Waals surface area contributed by atoms with Gasteiger partial charge in [-0.15, -0.1) is 0 Å². The first-order valence-corrected chi connectivity index (χ1v) is 10.7. The van der Waals surface area contributed by atoms with E-state index in [2.05, 4.69) is 10.2 Å². The summed E-state index contributed by atoms with van der Waals surface area (Å²) in [4.78, 5) is 15.0. The van der Waals surface area contributed by atoms with Crippen LogP contribution < -0.4 is 14.8 Å². The topological polar surface area (TPSA) is 60.0 Å². The van der Waals surface area contributed by atoms with Gasteiger partial charge in [-0.05, 0) is 36.6 Å². The molecule has 0 unspecified atom stereocenters. The summed E-state index contributed by atoms with van der Waals surface area (Å²) in [6.45, 7) is 4.10. The highest BCUT2D eigenvalue weighted by Crippen LogP contribution is 2.36. The Kier molecular flexibility index (Phi) is 7.81. The molecule has 0 bridgehead atoms. The summed E-state index contributed by atoms with van der Waals surface area (Å²) in [5, 5.41) is 3.57. The molecule has 1 aromatic carbocycles. The van der Waals surface area contributed by atoms with E-state index >= 15 is 0 Å². The fourth-order valence-electron chi connectivity index (χ4n) is 4.37. The molecule has 1 aromatic rings. The van der Waals surface area contributed by atoms with E-state index < -0.39 is 0 Å². The Morgan fingerprint density at radius 1 is 1.21 bits per heavy atom. The van der Waals surface area contributed by atoms with Crippen LogP contribution in [0.25, 0.3) is 6.08 Å². The van der Waals surface area contributed by atoms with Crippen molar-refractivity contribution in [3.05, 3.63) is 28.8 Å². The average molecular weight is 423 g/mol. The van der Waals surface area contributed by atoms with E-state index in [1.807, 2.05) is 0 Å². The van der Waals surface area contributed by atoms with Gasteiger partial charge in [0.05, 0.1) is 32.5 Å². The van der Waals surface area contributed by atoms with Crippen molar-refractivity contribution < 1.29 is 19.0 Å². The molecule has 1 N–H and O–H groups in total. The first kappa shape index (κ1) is 21.9. The molecule has 1 saturated carbocycles. The molecule has 29 heavy (non-hydrogen) atoms. The number of halogens is 1. The van der Waals surface area contributed by atoms with Crippen LogP contribution in [0.2, 0.25) is 5.02 Å². The molecule has 1 aliphatic heterocycles. The van der Waals surface area contributed by atoms with Gasteiger partial charge < -0.3 is 19.5 Å². The van der Waals surface area contributed by atoms with E-state index in [0.717, 1.165) is 44.7 Å². The van der Waals surface area contributed by atoms with Gasteiger partial charge in [0.15, 0.2) is 11.5 Å². The van der Waals surface area contributed by atoms with E-state index in [1.54, 1.807) is 38.5 Å². The van der Waals surface area contributed by atoms with Crippen molar-refractivity contribution in [1.29, 1.82) is 0 Å². The molecule has 3 rings (SSSR count). The van der Waals surface area contributed by atoms with Crippen molar-refractivity contribution in [1.82, 2.24) is 10.2 Å². The van der Waals surface area contributed by atoms with Crippen LogP contribution in [-0.2, 0) is 9.53 Å². The van der Waals surface area contributed by atoms with Crippen LogP contribution in [0.5, 0.6) is 11.5 Å². The number of nitrogens with zero attached hydrogens (tertiary/aromatic N) is 1. The quantitative estimate of drug-likeness (QED) is 0.681. The van der Waals surface area contributed by atoms with Crippen molar-refractivity contribution in [2.45, 2.75) is 37.6 Å². The summed E-state index contributed by atoms with van der Waals surface area (Å²) in [5.74, 6) is 0.920. The zero-order valence-electron chi connectivity index (χ0n) is 17.3. The maximum Gasteiger partial charge on any atom is 0.244 e. The minimum atomic E-state index is -0.103. The summed E-state index contributed by atoms with van der Waals surface area (Å²) in [7, 11) is 3.10. The second-order valence-corrected chi connectivity index (χ2v) is 8.08. The number of amides is 1. The Hall–Kier alpha value is -1.76. The molecular formula is C22H31ClN2O4. The summed E-state index contributed by atoms with van der Waals surface area (Å²) >= 11 is 6.24. The number of carbonyl (C=O) groups is 1. The van der Waals surface area contributed by atoms with E-state index in [1.165, 1.54) is 19.3 Å². The number of morpholine rings is 1. The number of hydrogen-bond acceptors (Lipinski definition) is 5. The summed E-state index contributed by atoms with van der Waals surface area (Å²) in [5.41, 5.74) is 0.835. The number of nitrogens with one attached hydrogen (secondary N) is 1. The van der Waals surface area contributed by atoms with Gasteiger partial charge in [-0.2, -0.15) is 0 Å². The van der Waals surface area contributed by atoms with Gasteiger partial charge in [-0.3, -0.25) is 9.69 Å². The van der Waals surface area contributed by atoms with Crippen molar-refractivity contribution in [3.63, 3.8) is 0 Å². The lowest BCUT2D eigenvalue weighted by molar-refractivity contribution is -0.117. The number of methoxy groups -OCH3 is 2. The smallest absolute Gasteiger partial charge is 0.244 e. The first-order chi connectivity index (χ1) is 14.1. The van der Waals surface area contributed by atoms with Gasteiger partial charge in [-0.1, -0.05) is 30.9 Å². The van der Waals surface area contributed by atoms with Crippen LogP contribution in [0, 0.1) is 0 Å². The maximum atomic E-state index is 12.5. The highest BCUT2D eigenvalue weighted by Gasteiger charge is 2.38. The zero-order valence-corrected chi connectivity index (χ0v) is 18.1. The molecule has 2 aliphatic rings. The maximum absolute atomic E-state index is 12.5. The monoisotopic (exact) mass is 422 g/mol. The van der Waals surface area contributed by atoms with Crippen LogP contribution in [0.4, 0.5) is 0 Å². The summed E-state index contributed by atoms with van der Waals surface area (Å²) < 4.78 is 16.1. The lowest BCUT2D eigenvalue weighted by Crippen LogP contribution is -2.59. The van der Waals surface area contributed by atoms with Gasteiger partial charge in [-0.25, -0.2) is 0 Å². The average Bonchev–Trinajstić information content (AvgIpc) is 2.77. The van der Waals surface area contributed by atoms with Crippen LogP contribution in [0.15, 0.2) is 18.2 Å².